The second kappa shape index (κ2) is 12.3. The topological polar surface area (TPSA) is 71.0 Å². The molecule has 200 valence electrons. The predicted molar refractivity (Wildman–Crippen MR) is 158 cm³/mol. The highest BCUT2D eigenvalue weighted by Crippen LogP contribution is 2.43. The number of benzene rings is 3. The summed E-state index contributed by atoms with van der Waals surface area (Å²) < 4.78 is 5.57. The zero-order valence-electron chi connectivity index (χ0n) is 22.3. The summed E-state index contributed by atoms with van der Waals surface area (Å²) in [6, 6.07) is 27.2. The molecule has 2 aliphatic heterocycles. The molecular formula is C32H33N3O3S. The van der Waals surface area contributed by atoms with Crippen LogP contribution in [0.1, 0.15) is 55.3 Å². The Bertz CT molecular complexity index is 1370. The van der Waals surface area contributed by atoms with Crippen LogP contribution in [0.15, 0.2) is 95.5 Å². The SMILES string of the molecule is CCOC(=O)C1=C(c2ccccc2)N=C2SCCCN2C1c1ccc(NC(=O)C(CC)c2ccccc2)cc1. The molecule has 3 aromatic rings. The fraction of sp³-hybridized carbons (Fsp3) is 0.281. The van der Waals surface area contributed by atoms with Gasteiger partial charge in [0.15, 0.2) is 5.17 Å². The predicted octanol–water partition coefficient (Wildman–Crippen LogP) is 6.64. The molecule has 2 atom stereocenters. The average Bonchev–Trinajstić information content (AvgIpc) is 2.98. The lowest BCUT2D eigenvalue weighted by Crippen LogP contribution is -2.42. The van der Waals surface area contributed by atoms with Gasteiger partial charge in [-0.2, -0.15) is 0 Å². The van der Waals surface area contributed by atoms with Crippen molar-refractivity contribution in [2.24, 2.45) is 4.99 Å². The molecule has 6 nitrogen and oxygen atoms in total. The molecule has 1 saturated heterocycles. The van der Waals surface area contributed by atoms with Gasteiger partial charge in [0.25, 0.3) is 0 Å². The minimum atomic E-state index is -0.356. The van der Waals surface area contributed by atoms with Crippen LogP contribution in [0, 0.1) is 0 Å². The summed E-state index contributed by atoms with van der Waals surface area (Å²) in [5.74, 6) is 0.379. The van der Waals surface area contributed by atoms with Gasteiger partial charge in [-0.15, -0.1) is 0 Å². The zero-order chi connectivity index (χ0) is 27.2. The second-order valence-electron chi connectivity index (χ2n) is 9.52. The molecule has 0 aliphatic carbocycles. The third-order valence-electron chi connectivity index (χ3n) is 7.03. The number of nitrogens with zero attached hydrogens (tertiary/aromatic N) is 2. The first kappa shape index (κ1) is 26.8. The van der Waals surface area contributed by atoms with E-state index in [1.54, 1.807) is 11.8 Å². The van der Waals surface area contributed by atoms with Crippen LogP contribution in [-0.2, 0) is 14.3 Å². The zero-order valence-corrected chi connectivity index (χ0v) is 23.1. The summed E-state index contributed by atoms with van der Waals surface area (Å²) in [6.45, 7) is 4.93. The highest BCUT2D eigenvalue weighted by Gasteiger charge is 2.39. The van der Waals surface area contributed by atoms with Gasteiger partial charge < -0.3 is 15.0 Å². The summed E-state index contributed by atoms with van der Waals surface area (Å²) in [5, 5.41) is 4.00. The van der Waals surface area contributed by atoms with Gasteiger partial charge in [0, 0.05) is 23.5 Å². The normalized spacial score (nSPS) is 17.6. The summed E-state index contributed by atoms with van der Waals surface area (Å²) in [5.41, 5.74) is 4.77. The largest absolute Gasteiger partial charge is 0.463 e. The minimum absolute atomic E-state index is 0.0329. The number of esters is 1. The Hall–Kier alpha value is -3.84. The Morgan fingerprint density at radius 1 is 1.00 bits per heavy atom. The number of amides is 1. The van der Waals surface area contributed by atoms with E-state index in [0.29, 0.717) is 17.7 Å². The molecule has 2 aliphatic rings. The first-order valence-electron chi connectivity index (χ1n) is 13.5. The van der Waals surface area contributed by atoms with E-state index in [-0.39, 0.29) is 30.4 Å². The Morgan fingerprint density at radius 2 is 1.69 bits per heavy atom. The van der Waals surface area contributed by atoms with Crippen molar-refractivity contribution in [2.75, 3.05) is 24.2 Å². The number of carbonyl (C=O) groups excluding carboxylic acids is 2. The number of thioether (sulfide) groups is 1. The van der Waals surface area contributed by atoms with Gasteiger partial charge >= 0.3 is 5.97 Å². The van der Waals surface area contributed by atoms with E-state index in [1.165, 1.54) is 0 Å². The van der Waals surface area contributed by atoms with Gasteiger partial charge in [0.1, 0.15) is 0 Å². The van der Waals surface area contributed by atoms with E-state index in [1.807, 2.05) is 98.8 Å². The van der Waals surface area contributed by atoms with Gasteiger partial charge in [0.2, 0.25) is 5.91 Å². The number of carbonyl (C=O) groups is 2. The van der Waals surface area contributed by atoms with E-state index < -0.39 is 0 Å². The Morgan fingerprint density at radius 3 is 2.36 bits per heavy atom. The number of nitrogens with one attached hydrogen (secondary N) is 1. The summed E-state index contributed by atoms with van der Waals surface area (Å²) >= 11 is 1.72. The maximum absolute atomic E-state index is 13.5. The van der Waals surface area contributed by atoms with Crippen molar-refractivity contribution in [1.29, 1.82) is 0 Å². The molecule has 0 bridgehead atoms. The highest BCUT2D eigenvalue weighted by molar-refractivity contribution is 8.13. The number of ether oxygens (including phenoxy) is 1. The molecule has 1 N–H and O–H groups in total. The van der Waals surface area contributed by atoms with E-state index in [9.17, 15) is 9.59 Å². The molecule has 39 heavy (non-hydrogen) atoms. The van der Waals surface area contributed by atoms with Crippen molar-refractivity contribution < 1.29 is 14.3 Å². The first-order chi connectivity index (χ1) is 19.1. The molecule has 0 saturated carbocycles. The number of hydrogen-bond acceptors (Lipinski definition) is 6. The summed E-state index contributed by atoms with van der Waals surface area (Å²) in [4.78, 5) is 33.8. The highest BCUT2D eigenvalue weighted by atomic mass is 32.2. The van der Waals surface area contributed by atoms with E-state index >= 15 is 0 Å². The van der Waals surface area contributed by atoms with Crippen LogP contribution < -0.4 is 5.32 Å². The van der Waals surface area contributed by atoms with Crippen LogP contribution in [0.3, 0.4) is 0 Å². The molecule has 3 aromatic carbocycles. The van der Waals surface area contributed by atoms with Crippen molar-refractivity contribution in [1.82, 2.24) is 4.90 Å². The number of amidine groups is 1. The van der Waals surface area contributed by atoms with Crippen molar-refractivity contribution in [3.63, 3.8) is 0 Å². The summed E-state index contributed by atoms with van der Waals surface area (Å²) in [6.07, 6.45) is 1.71. The lowest BCUT2D eigenvalue weighted by atomic mass is 9.91. The molecule has 1 amide bonds. The van der Waals surface area contributed by atoms with Gasteiger partial charge in [0.05, 0.1) is 29.8 Å². The number of hydrogen-bond donors (Lipinski definition) is 1. The van der Waals surface area contributed by atoms with Gasteiger partial charge in [-0.25, -0.2) is 9.79 Å². The smallest absolute Gasteiger partial charge is 0.338 e. The van der Waals surface area contributed by atoms with Gasteiger partial charge in [-0.05, 0) is 43.0 Å². The molecular weight excluding hydrogens is 506 g/mol. The Labute approximate surface area is 234 Å². The van der Waals surface area contributed by atoms with E-state index in [0.717, 1.165) is 46.3 Å². The number of rotatable bonds is 8. The van der Waals surface area contributed by atoms with Crippen LogP contribution in [-0.4, -0.2) is 40.8 Å². The maximum Gasteiger partial charge on any atom is 0.338 e. The van der Waals surface area contributed by atoms with Gasteiger partial charge in [-0.1, -0.05) is 91.5 Å². The molecule has 5 rings (SSSR count). The third kappa shape index (κ3) is 5.78. The van der Waals surface area contributed by atoms with Crippen LogP contribution in [0.25, 0.3) is 5.70 Å². The van der Waals surface area contributed by atoms with Crippen molar-refractivity contribution in [2.45, 2.75) is 38.6 Å². The molecule has 1 fully saturated rings. The van der Waals surface area contributed by atoms with E-state index in [2.05, 4.69) is 10.2 Å². The summed E-state index contributed by atoms with van der Waals surface area (Å²) in [7, 11) is 0. The lowest BCUT2D eigenvalue weighted by molar-refractivity contribution is -0.139. The van der Waals surface area contributed by atoms with Gasteiger partial charge in [-0.3, -0.25) is 4.79 Å². The number of fused-ring (bicyclic) bond motifs is 1. The average molecular weight is 540 g/mol. The molecule has 0 spiro atoms. The quantitative estimate of drug-likeness (QED) is 0.325. The number of aliphatic imine (C=N–C) groups is 1. The van der Waals surface area contributed by atoms with E-state index in [4.69, 9.17) is 9.73 Å². The van der Waals surface area contributed by atoms with Crippen LogP contribution >= 0.6 is 11.8 Å². The minimum Gasteiger partial charge on any atom is -0.463 e. The standard InChI is InChI=1S/C32H33N3O3S/c1-3-26(22-12-7-5-8-13-22)30(36)33-25-18-16-24(17-19-25)29-27(31(37)38-4-2)28(23-14-9-6-10-15-23)34-32-35(29)20-11-21-39-32/h5-10,12-19,26,29H,3-4,11,20-21H2,1-2H3,(H,33,36). The molecule has 2 heterocycles. The van der Waals surface area contributed by atoms with Crippen LogP contribution in [0.2, 0.25) is 0 Å². The number of anilines is 1. The van der Waals surface area contributed by atoms with Crippen LogP contribution in [0.5, 0.6) is 0 Å². The third-order valence-corrected chi connectivity index (χ3v) is 8.11. The fourth-order valence-corrected chi connectivity index (χ4v) is 6.14. The van der Waals surface area contributed by atoms with Crippen LogP contribution in [0.4, 0.5) is 5.69 Å². The second-order valence-corrected chi connectivity index (χ2v) is 10.6. The molecule has 7 heteroatoms. The van der Waals surface area contributed by atoms with Crippen molar-refractivity contribution >= 4 is 40.2 Å². The Kier molecular flexibility index (Phi) is 8.47. The molecule has 0 radical (unpaired) electrons. The monoisotopic (exact) mass is 539 g/mol. The molecule has 2 unspecified atom stereocenters. The lowest BCUT2D eigenvalue weighted by Gasteiger charge is -2.41. The van der Waals surface area contributed by atoms with Crippen molar-refractivity contribution in [3.05, 3.63) is 107 Å². The Balaban J connectivity index is 1.49. The fourth-order valence-electron chi connectivity index (χ4n) is 5.17. The maximum atomic E-state index is 13.5. The molecule has 0 aromatic heterocycles. The van der Waals surface area contributed by atoms with Crippen molar-refractivity contribution in [3.8, 4) is 0 Å². The first-order valence-corrected chi connectivity index (χ1v) is 14.5.